The fourth-order valence-corrected chi connectivity index (χ4v) is 4.70. The van der Waals surface area contributed by atoms with E-state index in [9.17, 15) is 18.0 Å². The molecule has 5 nitrogen and oxygen atoms in total. The van der Waals surface area contributed by atoms with Gasteiger partial charge in [0.15, 0.2) is 0 Å². The number of rotatable bonds is 2. The van der Waals surface area contributed by atoms with Gasteiger partial charge in [-0.3, -0.25) is 15.1 Å². The molecule has 3 aliphatic rings. The third-order valence-electron chi connectivity index (χ3n) is 5.96. The topological polar surface area (TPSA) is 65.8 Å². The first-order valence-corrected chi connectivity index (χ1v) is 9.87. The number of amidine groups is 1. The summed E-state index contributed by atoms with van der Waals surface area (Å²) >= 11 is 0. The Morgan fingerprint density at radius 2 is 1.86 bits per heavy atom. The van der Waals surface area contributed by atoms with Gasteiger partial charge in [0.1, 0.15) is 11.4 Å². The molecule has 1 aromatic carbocycles. The van der Waals surface area contributed by atoms with E-state index in [0.717, 1.165) is 29.8 Å². The molecule has 8 heteroatoms. The lowest BCUT2D eigenvalue weighted by molar-refractivity contribution is -0.137. The Hall–Kier alpha value is -2.22. The van der Waals surface area contributed by atoms with Gasteiger partial charge in [-0.1, -0.05) is 12.1 Å². The first-order valence-electron chi connectivity index (χ1n) is 9.87. The maximum Gasteiger partial charge on any atom is 0.416 e. The maximum atomic E-state index is 12.8. The van der Waals surface area contributed by atoms with E-state index in [-0.39, 0.29) is 23.5 Å². The summed E-state index contributed by atoms with van der Waals surface area (Å²) in [4.78, 5) is 21.9. The van der Waals surface area contributed by atoms with Crippen LogP contribution in [0.3, 0.4) is 0 Å². The predicted molar refractivity (Wildman–Crippen MR) is 105 cm³/mol. The second-order valence-corrected chi connectivity index (χ2v) is 9.01. The normalized spacial score (nSPS) is 31.6. The number of alkyl halides is 3. The van der Waals surface area contributed by atoms with Gasteiger partial charge in [0.25, 0.3) is 0 Å². The highest BCUT2D eigenvalue weighted by atomic mass is 19.4. The number of hydrogen-bond acceptors (Lipinski definition) is 4. The monoisotopic (exact) mass is 406 g/mol. The van der Waals surface area contributed by atoms with E-state index in [1.54, 1.807) is 0 Å². The molecule has 2 N–H and O–H groups in total. The molecule has 156 valence electrons. The molecule has 3 aliphatic heterocycles. The molecule has 0 radical (unpaired) electrons. The number of halogens is 3. The lowest BCUT2D eigenvalue weighted by Gasteiger charge is -2.26. The molecule has 0 bridgehead atoms. The van der Waals surface area contributed by atoms with Crippen molar-refractivity contribution in [2.24, 2.45) is 9.98 Å². The molecule has 3 heterocycles. The van der Waals surface area contributed by atoms with Crippen molar-refractivity contribution in [2.45, 2.75) is 75.8 Å². The van der Waals surface area contributed by atoms with E-state index < -0.39 is 17.3 Å². The number of nitrogens with one attached hydrogen (secondary N) is 2. The molecule has 29 heavy (non-hydrogen) atoms. The highest BCUT2D eigenvalue weighted by Gasteiger charge is 2.54. The van der Waals surface area contributed by atoms with E-state index in [1.165, 1.54) is 12.1 Å². The van der Waals surface area contributed by atoms with Crippen molar-refractivity contribution in [3.8, 4) is 0 Å². The Kier molecular flexibility index (Phi) is 4.60. The minimum Gasteiger partial charge on any atom is -0.350 e. The van der Waals surface area contributed by atoms with E-state index >= 15 is 0 Å². The molecule has 2 fully saturated rings. The third-order valence-corrected chi connectivity index (χ3v) is 5.96. The first-order chi connectivity index (χ1) is 13.5. The standard InChI is InChI=1S/C21H25F3N4O/c1-12-10-16(13-4-6-14(7-5-13)21(22,23)24)26-17(25-12)15-8-9-20(27-15)11-19(2,3)28-18(20)29/h4-7,15-16,27H,8-11H2,1-3H3,(H,28,29)/t15-,16?,20+/m0/s1. The molecule has 3 atom stereocenters. The summed E-state index contributed by atoms with van der Waals surface area (Å²) in [6, 6.07) is 4.77. The average molecular weight is 406 g/mol. The average Bonchev–Trinajstić information content (AvgIpc) is 3.14. The number of nitrogens with zero attached hydrogens (tertiary/aromatic N) is 2. The number of hydrogen-bond donors (Lipinski definition) is 2. The lowest BCUT2D eigenvalue weighted by Crippen LogP contribution is -2.50. The van der Waals surface area contributed by atoms with Gasteiger partial charge in [0.05, 0.1) is 17.6 Å². The van der Waals surface area contributed by atoms with Crippen LogP contribution in [0.25, 0.3) is 0 Å². The molecule has 0 saturated carbocycles. The van der Waals surface area contributed by atoms with Crippen LogP contribution in [0.5, 0.6) is 0 Å². The SMILES string of the molecule is CC1=NC([C@@H]2CC[C@]3(CC(C)(C)NC3=O)N2)=NC(c2ccc(C(F)(F)F)cc2)C1. The minimum absolute atomic E-state index is 0.0152. The van der Waals surface area contributed by atoms with E-state index in [1.807, 2.05) is 20.8 Å². The van der Waals surface area contributed by atoms with Crippen LogP contribution in [-0.4, -0.2) is 34.6 Å². The highest BCUT2D eigenvalue weighted by Crippen LogP contribution is 2.38. The van der Waals surface area contributed by atoms with Crippen molar-refractivity contribution in [2.75, 3.05) is 0 Å². The van der Waals surface area contributed by atoms with Gasteiger partial charge in [-0.15, -0.1) is 0 Å². The van der Waals surface area contributed by atoms with Crippen molar-refractivity contribution in [1.29, 1.82) is 0 Å². The second kappa shape index (κ2) is 6.65. The number of benzene rings is 1. The van der Waals surface area contributed by atoms with Crippen molar-refractivity contribution in [1.82, 2.24) is 10.6 Å². The molecule has 1 amide bonds. The number of carbonyl (C=O) groups excluding carboxylic acids is 1. The molecule has 0 aliphatic carbocycles. The Morgan fingerprint density at radius 1 is 1.17 bits per heavy atom. The zero-order valence-electron chi connectivity index (χ0n) is 16.7. The van der Waals surface area contributed by atoms with Gasteiger partial charge < -0.3 is 5.32 Å². The summed E-state index contributed by atoms with van der Waals surface area (Å²) in [6.07, 6.45) is -1.62. The van der Waals surface area contributed by atoms with Gasteiger partial charge >= 0.3 is 6.18 Å². The second-order valence-electron chi connectivity index (χ2n) is 9.01. The van der Waals surface area contributed by atoms with E-state index in [4.69, 9.17) is 4.99 Å². The molecule has 1 aromatic rings. The third kappa shape index (κ3) is 3.82. The van der Waals surface area contributed by atoms with Crippen LogP contribution in [0.15, 0.2) is 34.3 Å². The molecular weight excluding hydrogens is 381 g/mol. The fourth-order valence-electron chi connectivity index (χ4n) is 4.70. The van der Waals surface area contributed by atoms with E-state index in [2.05, 4.69) is 15.6 Å². The predicted octanol–water partition coefficient (Wildman–Crippen LogP) is 3.80. The van der Waals surface area contributed by atoms with Crippen LogP contribution in [0, 0.1) is 0 Å². The Labute approximate surface area is 167 Å². The Bertz CT molecular complexity index is 888. The number of amides is 1. The largest absolute Gasteiger partial charge is 0.416 e. The van der Waals surface area contributed by atoms with Gasteiger partial charge in [0, 0.05) is 17.7 Å². The van der Waals surface area contributed by atoms with E-state index in [0.29, 0.717) is 25.1 Å². The summed E-state index contributed by atoms with van der Waals surface area (Å²) in [5.74, 6) is 0.648. The van der Waals surface area contributed by atoms with Crippen molar-refractivity contribution in [3.63, 3.8) is 0 Å². The van der Waals surface area contributed by atoms with Crippen molar-refractivity contribution in [3.05, 3.63) is 35.4 Å². The zero-order valence-corrected chi connectivity index (χ0v) is 16.7. The smallest absolute Gasteiger partial charge is 0.350 e. The van der Waals surface area contributed by atoms with Crippen LogP contribution in [-0.2, 0) is 11.0 Å². The van der Waals surface area contributed by atoms with Crippen molar-refractivity contribution < 1.29 is 18.0 Å². The quantitative estimate of drug-likeness (QED) is 0.785. The summed E-state index contributed by atoms with van der Waals surface area (Å²) in [6.45, 7) is 5.92. The highest BCUT2D eigenvalue weighted by molar-refractivity contribution is 6.02. The fraction of sp³-hybridized carbons (Fsp3) is 0.571. The van der Waals surface area contributed by atoms with Gasteiger partial charge in [0.2, 0.25) is 5.91 Å². The molecule has 0 aromatic heterocycles. The van der Waals surface area contributed by atoms with Crippen LogP contribution in [0.2, 0.25) is 0 Å². The van der Waals surface area contributed by atoms with Crippen LogP contribution in [0.4, 0.5) is 13.2 Å². The van der Waals surface area contributed by atoms with Crippen LogP contribution in [0.1, 0.15) is 63.6 Å². The first kappa shape index (κ1) is 20.1. The van der Waals surface area contributed by atoms with Gasteiger partial charge in [-0.25, -0.2) is 4.99 Å². The molecule has 1 spiro atoms. The van der Waals surface area contributed by atoms with Crippen LogP contribution >= 0.6 is 0 Å². The molecule has 1 unspecified atom stereocenters. The van der Waals surface area contributed by atoms with Gasteiger partial charge in [-0.2, -0.15) is 13.2 Å². The maximum absolute atomic E-state index is 12.8. The summed E-state index contributed by atoms with van der Waals surface area (Å²) in [7, 11) is 0. The number of aliphatic imine (C=N–C) groups is 2. The molecule has 4 rings (SSSR count). The van der Waals surface area contributed by atoms with Crippen LogP contribution < -0.4 is 10.6 Å². The molecule has 2 saturated heterocycles. The minimum atomic E-state index is -4.35. The zero-order chi connectivity index (χ0) is 21.0. The Morgan fingerprint density at radius 3 is 2.45 bits per heavy atom. The summed E-state index contributed by atoms with van der Waals surface area (Å²) in [5, 5.41) is 6.51. The Balaban J connectivity index is 1.55. The van der Waals surface area contributed by atoms with Gasteiger partial charge in [-0.05, 0) is 57.7 Å². The lowest BCUT2D eigenvalue weighted by atomic mass is 9.88. The molecular formula is C21H25F3N4O. The number of carbonyl (C=O) groups is 1. The summed E-state index contributed by atoms with van der Waals surface area (Å²) in [5.41, 5.74) is 0.105. The summed E-state index contributed by atoms with van der Waals surface area (Å²) < 4.78 is 38.5. The van der Waals surface area contributed by atoms with Crippen molar-refractivity contribution >= 4 is 17.5 Å².